The van der Waals surface area contributed by atoms with Crippen molar-refractivity contribution in [3.05, 3.63) is 71.5 Å². The number of carbonyl (C=O) groups excluding carboxylic acids is 1. The molecule has 4 nitrogen and oxygen atoms in total. The fraction of sp³-hybridized carbons (Fsp3) is 0.316. The van der Waals surface area contributed by atoms with Crippen LogP contribution < -0.4 is 5.73 Å². The maximum absolute atomic E-state index is 13.2. The first-order chi connectivity index (χ1) is 11.5. The highest BCUT2D eigenvalue weighted by molar-refractivity contribution is 5.79. The van der Waals surface area contributed by atoms with Gasteiger partial charge in [-0.2, -0.15) is 0 Å². The van der Waals surface area contributed by atoms with Gasteiger partial charge in [-0.25, -0.2) is 4.39 Å². The van der Waals surface area contributed by atoms with Crippen LogP contribution in [0.3, 0.4) is 0 Å². The van der Waals surface area contributed by atoms with Crippen LogP contribution in [-0.2, 0) is 9.53 Å². The average molecular weight is 328 g/mol. The summed E-state index contributed by atoms with van der Waals surface area (Å²) in [6, 6.07) is 15.8. The van der Waals surface area contributed by atoms with E-state index in [1.54, 1.807) is 19.1 Å². The first kappa shape index (κ1) is 16.6. The summed E-state index contributed by atoms with van der Waals surface area (Å²) in [5.41, 5.74) is 7.42. The van der Waals surface area contributed by atoms with Crippen molar-refractivity contribution in [1.82, 2.24) is 4.90 Å². The third-order valence-electron chi connectivity index (χ3n) is 4.50. The van der Waals surface area contributed by atoms with Crippen LogP contribution in [0.15, 0.2) is 54.6 Å². The molecule has 0 spiro atoms. The SMILES string of the molecule is CC(C(N)=O)N1CC(c2ccccc2)OC(c2ccc(F)cc2)C1. The molecule has 5 heteroatoms. The molecule has 3 rings (SSSR count). The van der Waals surface area contributed by atoms with Crippen LogP contribution in [0.1, 0.15) is 30.3 Å². The van der Waals surface area contributed by atoms with E-state index in [2.05, 4.69) is 0 Å². The second-order valence-electron chi connectivity index (χ2n) is 6.11. The minimum absolute atomic E-state index is 0.170. The molecule has 1 aliphatic rings. The highest BCUT2D eigenvalue weighted by Crippen LogP contribution is 2.33. The van der Waals surface area contributed by atoms with E-state index in [0.717, 1.165) is 11.1 Å². The molecule has 3 unspecified atom stereocenters. The number of hydrogen-bond donors (Lipinski definition) is 1. The van der Waals surface area contributed by atoms with Gasteiger partial charge in [0.15, 0.2) is 0 Å². The Morgan fingerprint density at radius 2 is 1.62 bits per heavy atom. The summed E-state index contributed by atoms with van der Waals surface area (Å²) >= 11 is 0. The lowest BCUT2D eigenvalue weighted by molar-refractivity contribution is -0.132. The molecule has 24 heavy (non-hydrogen) atoms. The number of halogens is 1. The van der Waals surface area contributed by atoms with Crippen molar-refractivity contribution in [1.29, 1.82) is 0 Å². The van der Waals surface area contributed by atoms with Crippen LogP contribution in [0, 0.1) is 5.82 Å². The van der Waals surface area contributed by atoms with Crippen molar-refractivity contribution < 1.29 is 13.9 Å². The molecule has 0 bridgehead atoms. The molecule has 2 N–H and O–H groups in total. The highest BCUT2D eigenvalue weighted by atomic mass is 19.1. The maximum atomic E-state index is 13.2. The number of ether oxygens (including phenoxy) is 1. The number of rotatable bonds is 4. The fourth-order valence-corrected chi connectivity index (χ4v) is 2.99. The van der Waals surface area contributed by atoms with Crippen molar-refractivity contribution in [2.45, 2.75) is 25.2 Å². The van der Waals surface area contributed by atoms with E-state index in [0.29, 0.717) is 13.1 Å². The Balaban J connectivity index is 1.88. The lowest BCUT2D eigenvalue weighted by Gasteiger charge is -2.40. The largest absolute Gasteiger partial charge is 0.368 e. The highest BCUT2D eigenvalue weighted by Gasteiger charge is 2.33. The van der Waals surface area contributed by atoms with Gasteiger partial charge in [-0.15, -0.1) is 0 Å². The standard InChI is InChI=1S/C19H21FN2O2/c1-13(19(21)23)22-11-17(14-5-3-2-4-6-14)24-18(12-22)15-7-9-16(20)10-8-15/h2-10,13,17-18H,11-12H2,1H3,(H2,21,23). The van der Waals surface area contributed by atoms with E-state index in [-0.39, 0.29) is 30.0 Å². The molecule has 1 fully saturated rings. The number of amides is 1. The van der Waals surface area contributed by atoms with E-state index < -0.39 is 0 Å². The van der Waals surface area contributed by atoms with Gasteiger partial charge < -0.3 is 10.5 Å². The van der Waals surface area contributed by atoms with Crippen molar-refractivity contribution in [3.8, 4) is 0 Å². The van der Waals surface area contributed by atoms with Crippen molar-refractivity contribution in [3.63, 3.8) is 0 Å². The third kappa shape index (κ3) is 3.63. The minimum atomic E-state index is -0.386. The van der Waals surface area contributed by atoms with Gasteiger partial charge in [0.05, 0.1) is 18.2 Å². The van der Waals surface area contributed by atoms with Gasteiger partial charge in [-0.05, 0) is 30.2 Å². The van der Waals surface area contributed by atoms with E-state index in [1.165, 1.54) is 12.1 Å². The Morgan fingerprint density at radius 1 is 1.08 bits per heavy atom. The minimum Gasteiger partial charge on any atom is -0.368 e. The summed E-state index contributed by atoms with van der Waals surface area (Å²) < 4.78 is 19.4. The number of benzene rings is 2. The Bertz CT molecular complexity index is 690. The second-order valence-corrected chi connectivity index (χ2v) is 6.11. The van der Waals surface area contributed by atoms with Gasteiger partial charge in [0.1, 0.15) is 5.82 Å². The molecule has 1 saturated heterocycles. The molecule has 2 aromatic rings. The van der Waals surface area contributed by atoms with Gasteiger partial charge >= 0.3 is 0 Å². The molecule has 3 atom stereocenters. The summed E-state index contributed by atoms with van der Waals surface area (Å²) in [5, 5.41) is 0. The van der Waals surface area contributed by atoms with Gasteiger partial charge in [-0.1, -0.05) is 42.5 Å². The number of carbonyl (C=O) groups is 1. The normalized spacial score (nSPS) is 22.9. The molecule has 0 aliphatic carbocycles. The predicted octanol–water partition coefficient (Wildman–Crippen LogP) is 2.81. The Morgan fingerprint density at radius 3 is 2.17 bits per heavy atom. The first-order valence-corrected chi connectivity index (χ1v) is 8.04. The predicted molar refractivity (Wildman–Crippen MR) is 89.6 cm³/mol. The zero-order chi connectivity index (χ0) is 17.1. The van der Waals surface area contributed by atoms with Crippen molar-refractivity contribution in [2.24, 2.45) is 5.73 Å². The van der Waals surface area contributed by atoms with E-state index in [9.17, 15) is 9.18 Å². The van der Waals surface area contributed by atoms with Crippen LogP contribution in [0.4, 0.5) is 4.39 Å². The van der Waals surface area contributed by atoms with Crippen LogP contribution >= 0.6 is 0 Å². The van der Waals surface area contributed by atoms with Crippen LogP contribution in [-0.4, -0.2) is 29.9 Å². The summed E-state index contributed by atoms with van der Waals surface area (Å²) in [6.07, 6.45) is -0.414. The Kier molecular flexibility index (Phi) is 4.92. The lowest BCUT2D eigenvalue weighted by Crippen LogP contribution is -2.49. The van der Waals surface area contributed by atoms with Gasteiger partial charge in [0, 0.05) is 13.1 Å². The van der Waals surface area contributed by atoms with Crippen LogP contribution in [0.25, 0.3) is 0 Å². The zero-order valence-corrected chi connectivity index (χ0v) is 13.6. The molecule has 0 aromatic heterocycles. The quantitative estimate of drug-likeness (QED) is 0.939. The molecule has 1 amide bonds. The van der Waals surface area contributed by atoms with Gasteiger partial charge in [0.25, 0.3) is 0 Å². The number of morpholine rings is 1. The fourth-order valence-electron chi connectivity index (χ4n) is 2.99. The summed E-state index contributed by atoms with van der Waals surface area (Å²) in [5.74, 6) is -0.641. The number of hydrogen-bond acceptors (Lipinski definition) is 3. The molecule has 126 valence electrons. The number of primary amides is 1. The van der Waals surface area contributed by atoms with Gasteiger partial charge in [-0.3, -0.25) is 9.69 Å². The first-order valence-electron chi connectivity index (χ1n) is 8.04. The number of nitrogens with two attached hydrogens (primary N) is 1. The van der Waals surface area contributed by atoms with E-state index in [1.807, 2.05) is 35.2 Å². The monoisotopic (exact) mass is 328 g/mol. The van der Waals surface area contributed by atoms with Crippen molar-refractivity contribution in [2.75, 3.05) is 13.1 Å². The maximum Gasteiger partial charge on any atom is 0.234 e. The van der Waals surface area contributed by atoms with E-state index in [4.69, 9.17) is 10.5 Å². The Labute approximate surface area is 141 Å². The lowest BCUT2D eigenvalue weighted by atomic mass is 10.0. The third-order valence-corrected chi connectivity index (χ3v) is 4.50. The second kappa shape index (κ2) is 7.11. The Hall–Kier alpha value is -2.24. The molecule has 1 heterocycles. The molecule has 1 aliphatic heterocycles. The summed E-state index contributed by atoms with van der Waals surface area (Å²) in [6.45, 7) is 2.93. The number of nitrogens with zero attached hydrogens (tertiary/aromatic N) is 1. The molecule has 0 radical (unpaired) electrons. The topological polar surface area (TPSA) is 55.6 Å². The average Bonchev–Trinajstić information content (AvgIpc) is 2.62. The zero-order valence-electron chi connectivity index (χ0n) is 13.6. The van der Waals surface area contributed by atoms with Crippen LogP contribution in [0.5, 0.6) is 0 Å². The smallest absolute Gasteiger partial charge is 0.234 e. The molecular weight excluding hydrogens is 307 g/mol. The van der Waals surface area contributed by atoms with E-state index >= 15 is 0 Å². The van der Waals surface area contributed by atoms with Crippen LogP contribution in [0.2, 0.25) is 0 Å². The molecule has 0 saturated carbocycles. The summed E-state index contributed by atoms with van der Waals surface area (Å²) in [7, 11) is 0. The summed E-state index contributed by atoms with van der Waals surface area (Å²) in [4.78, 5) is 13.6. The molecule has 2 aromatic carbocycles. The molecular formula is C19H21FN2O2. The van der Waals surface area contributed by atoms with Crippen molar-refractivity contribution >= 4 is 5.91 Å². The van der Waals surface area contributed by atoms with Gasteiger partial charge in [0.2, 0.25) is 5.91 Å².